The van der Waals surface area contributed by atoms with Gasteiger partial charge in [0.05, 0.1) is 25.9 Å². The van der Waals surface area contributed by atoms with Gasteiger partial charge in [-0.05, 0) is 6.92 Å². The second kappa shape index (κ2) is 6.33. The van der Waals surface area contributed by atoms with Crippen molar-refractivity contribution in [3.8, 4) is 0 Å². The van der Waals surface area contributed by atoms with Crippen LogP contribution in [0, 0.1) is 6.92 Å². The Balaban J connectivity index is 1.83. The third-order valence-electron chi connectivity index (χ3n) is 4.35. The number of aromatic nitrogens is 2. The van der Waals surface area contributed by atoms with Crippen LogP contribution >= 0.6 is 0 Å². The summed E-state index contributed by atoms with van der Waals surface area (Å²) in [7, 11) is 0. The number of nitrogens with one attached hydrogen (secondary N) is 1. The van der Waals surface area contributed by atoms with E-state index in [9.17, 15) is 14.7 Å². The number of morpholine rings is 1. The standard InChI is InChI=1S/C14H21N3O5/c1-9-7-17(14(20)15-13(9)19)12-6-10(11(8-18)22-12)16-2-4-21-5-3-16/h7,10-12,18H,2-6,8H2,1H3,(H,15,19,20)/t10-,11+,12+/m0/s1. The van der Waals surface area contributed by atoms with Crippen molar-refractivity contribution in [1.82, 2.24) is 14.5 Å². The molecule has 3 atom stereocenters. The first-order chi connectivity index (χ1) is 10.6. The lowest BCUT2D eigenvalue weighted by molar-refractivity contribution is -0.0507. The number of rotatable bonds is 3. The van der Waals surface area contributed by atoms with Crippen LogP contribution in [0.25, 0.3) is 0 Å². The fourth-order valence-electron chi connectivity index (χ4n) is 3.14. The van der Waals surface area contributed by atoms with Crippen LogP contribution in [0.1, 0.15) is 18.2 Å². The predicted molar refractivity (Wildman–Crippen MR) is 77.9 cm³/mol. The molecule has 22 heavy (non-hydrogen) atoms. The summed E-state index contributed by atoms with van der Waals surface area (Å²) in [4.78, 5) is 28.0. The van der Waals surface area contributed by atoms with Crippen LogP contribution < -0.4 is 11.2 Å². The normalized spacial score (nSPS) is 29.8. The molecule has 8 heteroatoms. The van der Waals surface area contributed by atoms with E-state index in [0.29, 0.717) is 25.2 Å². The molecular formula is C14H21N3O5. The first-order valence-corrected chi connectivity index (χ1v) is 7.50. The third kappa shape index (κ3) is 2.87. The van der Waals surface area contributed by atoms with Gasteiger partial charge in [0.15, 0.2) is 0 Å². The van der Waals surface area contributed by atoms with E-state index in [1.165, 1.54) is 10.8 Å². The summed E-state index contributed by atoms with van der Waals surface area (Å²) < 4.78 is 12.6. The highest BCUT2D eigenvalue weighted by molar-refractivity contribution is 5.02. The minimum absolute atomic E-state index is 0.0398. The minimum atomic E-state index is -0.486. The summed E-state index contributed by atoms with van der Waals surface area (Å²) in [5, 5.41) is 9.57. The number of aryl methyl sites for hydroxylation is 1. The summed E-state index contributed by atoms with van der Waals surface area (Å²) in [6, 6.07) is 0.0398. The Morgan fingerprint density at radius 2 is 2.09 bits per heavy atom. The van der Waals surface area contributed by atoms with E-state index in [4.69, 9.17) is 9.47 Å². The predicted octanol–water partition coefficient (Wildman–Crippen LogP) is -1.17. The molecule has 2 fully saturated rings. The van der Waals surface area contributed by atoms with Gasteiger partial charge in [0.25, 0.3) is 5.56 Å². The molecule has 0 spiro atoms. The molecule has 3 rings (SSSR count). The van der Waals surface area contributed by atoms with Gasteiger partial charge in [-0.3, -0.25) is 19.2 Å². The molecule has 8 nitrogen and oxygen atoms in total. The maximum atomic E-state index is 12.0. The maximum absolute atomic E-state index is 12.0. The van der Waals surface area contributed by atoms with Gasteiger partial charge in [0.1, 0.15) is 6.23 Å². The van der Waals surface area contributed by atoms with E-state index >= 15 is 0 Å². The molecule has 1 aromatic rings. The second-order valence-electron chi connectivity index (χ2n) is 5.74. The monoisotopic (exact) mass is 311 g/mol. The molecule has 0 amide bonds. The molecule has 2 aliphatic rings. The van der Waals surface area contributed by atoms with Crippen molar-refractivity contribution in [1.29, 1.82) is 0 Å². The van der Waals surface area contributed by atoms with Gasteiger partial charge < -0.3 is 14.6 Å². The number of nitrogens with zero attached hydrogens (tertiary/aromatic N) is 2. The van der Waals surface area contributed by atoms with Crippen LogP contribution in [0.2, 0.25) is 0 Å². The average molecular weight is 311 g/mol. The molecule has 3 heterocycles. The highest BCUT2D eigenvalue weighted by Crippen LogP contribution is 2.31. The van der Waals surface area contributed by atoms with E-state index in [-0.39, 0.29) is 24.3 Å². The Labute approximate surface area is 127 Å². The smallest absolute Gasteiger partial charge is 0.330 e. The van der Waals surface area contributed by atoms with E-state index in [1.807, 2.05) is 0 Å². The Kier molecular flexibility index (Phi) is 4.44. The van der Waals surface area contributed by atoms with Gasteiger partial charge >= 0.3 is 5.69 Å². The van der Waals surface area contributed by atoms with Crippen molar-refractivity contribution in [2.45, 2.75) is 31.7 Å². The first kappa shape index (κ1) is 15.4. The third-order valence-corrected chi connectivity index (χ3v) is 4.35. The van der Waals surface area contributed by atoms with Gasteiger partial charge in [-0.2, -0.15) is 0 Å². The van der Waals surface area contributed by atoms with Gasteiger partial charge in [0.2, 0.25) is 0 Å². The van der Waals surface area contributed by atoms with Gasteiger partial charge in [-0.25, -0.2) is 4.79 Å². The molecule has 2 aliphatic heterocycles. The number of H-pyrrole nitrogens is 1. The molecule has 0 radical (unpaired) electrons. The lowest BCUT2D eigenvalue weighted by atomic mass is 10.1. The minimum Gasteiger partial charge on any atom is -0.394 e. The van der Waals surface area contributed by atoms with Crippen LogP contribution in [0.3, 0.4) is 0 Å². The number of aromatic amines is 1. The van der Waals surface area contributed by atoms with Crippen LogP contribution in [-0.2, 0) is 9.47 Å². The van der Waals surface area contributed by atoms with Gasteiger partial charge in [-0.1, -0.05) is 0 Å². The molecule has 0 unspecified atom stereocenters. The molecule has 0 aromatic carbocycles. The Morgan fingerprint density at radius 3 is 2.77 bits per heavy atom. The Bertz CT molecular complexity index is 634. The molecule has 2 saturated heterocycles. The fourth-order valence-corrected chi connectivity index (χ4v) is 3.14. The molecule has 1 aromatic heterocycles. The fraction of sp³-hybridized carbons (Fsp3) is 0.714. The summed E-state index contributed by atoms with van der Waals surface area (Å²) in [6.07, 6.45) is 1.29. The highest BCUT2D eigenvalue weighted by Gasteiger charge is 2.40. The van der Waals surface area contributed by atoms with Crippen LogP contribution in [0.4, 0.5) is 0 Å². The number of aliphatic hydroxyl groups is 1. The van der Waals surface area contributed by atoms with E-state index in [0.717, 1.165) is 13.1 Å². The zero-order valence-corrected chi connectivity index (χ0v) is 12.5. The topological polar surface area (TPSA) is 96.8 Å². The van der Waals surface area contributed by atoms with Crippen molar-refractivity contribution in [3.05, 3.63) is 32.6 Å². The molecule has 2 N–H and O–H groups in total. The average Bonchev–Trinajstić information content (AvgIpc) is 2.96. The zero-order chi connectivity index (χ0) is 15.7. The van der Waals surface area contributed by atoms with E-state index in [2.05, 4.69) is 9.88 Å². The second-order valence-corrected chi connectivity index (χ2v) is 5.74. The summed E-state index contributed by atoms with van der Waals surface area (Å²) in [5.41, 5.74) is -0.416. The van der Waals surface area contributed by atoms with Crippen molar-refractivity contribution in [2.75, 3.05) is 32.9 Å². The van der Waals surface area contributed by atoms with Gasteiger partial charge in [-0.15, -0.1) is 0 Å². The van der Waals surface area contributed by atoms with Crippen molar-refractivity contribution < 1.29 is 14.6 Å². The van der Waals surface area contributed by atoms with Crippen LogP contribution in [0.15, 0.2) is 15.8 Å². The van der Waals surface area contributed by atoms with Crippen molar-refractivity contribution in [3.63, 3.8) is 0 Å². The summed E-state index contributed by atoms with van der Waals surface area (Å²) in [6.45, 7) is 4.45. The quantitative estimate of drug-likeness (QED) is 0.730. The van der Waals surface area contributed by atoms with Crippen LogP contribution in [0.5, 0.6) is 0 Å². The molecule has 0 bridgehead atoms. The SMILES string of the molecule is Cc1cn([C@H]2C[C@H](N3CCOCC3)[C@@H](CO)O2)c(=O)[nH]c1=O. The Hall–Kier alpha value is -1.48. The van der Waals surface area contributed by atoms with Crippen LogP contribution in [-0.4, -0.2) is 64.6 Å². The van der Waals surface area contributed by atoms with Crippen molar-refractivity contribution >= 4 is 0 Å². The number of aliphatic hydroxyl groups excluding tert-OH is 1. The molecule has 0 aliphatic carbocycles. The zero-order valence-electron chi connectivity index (χ0n) is 12.5. The first-order valence-electron chi connectivity index (χ1n) is 7.50. The summed E-state index contributed by atoms with van der Waals surface area (Å²) in [5.74, 6) is 0. The number of ether oxygens (including phenoxy) is 2. The van der Waals surface area contributed by atoms with E-state index < -0.39 is 11.9 Å². The largest absolute Gasteiger partial charge is 0.394 e. The van der Waals surface area contributed by atoms with Crippen molar-refractivity contribution in [2.24, 2.45) is 0 Å². The lowest BCUT2D eigenvalue weighted by Crippen LogP contribution is -2.48. The van der Waals surface area contributed by atoms with Gasteiger partial charge in [0, 0.05) is 37.3 Å². The molecule has 122 valence electrons. The Morgan fingerprint density at radius 1 is 1.36 bits per heavy atom. The number of hydrogen-bond donors (Lipinski definition) is 2. The molecular weight excluding hydrogens is 290 g/mol. The lowest BCUT2D eigenvalue weighted by Gasteiger charge is -2.33. The van der Waals surface area contributed by atoms with E-state index in [1.54, 1.807) is 6.92 Å². The summed E-state index contributed by atoms with van der Waals surface area (Å²) >= 11 is 0. The highest BCUT2D eigenvalue weighted by atomic mass is 16.5. The number of hydrogen-bond acceptors (Lipinski definition) is 6. The maximum Gasteiger partial charge on any atom is 0.330 e. The molecule has 0 saturated carbocycles.